The number of aromatic amines is 2. The molecule has 4 aromatic rings. The second kappa shape index (κ2) is 8.41. The molecular weight excluding hydrogens is 400 g/mol. The molecule has 31 heavy (non-hydrogen) atoms. The van der Waals surface area contributed by atoms with Crippen molar-refractivity contribution in [3.63, 3.8) is 0 Å². The third-order valence-electron chi connectivity index (χ3n) is 4.80. The number of carbonyl (C=O) groups is 1. The number of aromatic nitrogens is 4. The Balaban J connectivity index is 1.74. The lowest BCUT2D eigenvalue weighted by Gasteiger charge is -2.13. The topological polar surface area (TPSA) is 141 Å². The van der Waals surface area contributed by atoms with Crippen LogP contribution in [-0.4, -0.2) is 48.8 Å². The Kier molecular flexibility index (Phi) is 5.50. The number of nitrogens with zero attached hydrogens (tertiary/aromatic N) is 2. The van der Waals surface area contributed by atoms with Gasteiger partial charge >= 0.3 is 5.97 Å². The van der Waals surface area contributed by atoms with Gasteiger partial charge in [-0.05, 0) is 35.7 Å². The van der Waals surface area contributed by atoms with Gasteiger partial charge in [0.25, 0.3) is 5.56 Å². The van der Waals surface area contributed by atoms with Gasteiger partial charge in [-0.25, -0.2) is 14.8 Å². The predicted octanol–water partition coefficient (Wildman–Crippen LogP) is 2.37. The summed E-state index contributed by atoms with van der Waals surface area (Å²) >= 11 is 0. The molecule has 0 fully saturated rings. The third-order valence-corrected chi connectivity index (χ3v) is 4.80. The number of H-pyrrole nitrogens is 2. The second-order valence-corrected chi connectivity index (χ2v) is 6.92. The first-order valence-corrected chi connectivity index (χ1v) is 9.67. The van der Waals surface area contributed by atoms with Crippen molar-refractivity contribution in [2.24, 2.45) is 0 Å². The molecule has 4 N–H and O–H groups in total. The van der Waals surface area contributed by atoms with Crippen LogP contribution in [0.15, 0.2) is 53.6 Å². The molecule has 2 aromatic heterocycles. The molecule has 1 atom stereocenters. The number of aliphatic hydroxyl groups excluding tert-OH is 1. The van der Waals surface area contributed by atoms with Crippen molar-refractivity contribution >= 4 is 17.1 Å². The lowest BCUT2D eigenvalue weighted by Crippen LogP contribution is -2.21. The number of nitrogens with one attached hydrogen (secondary N) is 2. The summed E-state index contributed by atoms with van der Waals surface area (Å²) in [4.78, 5) is 37.2. The molecule has 9 nitrogen and oxygen atoms in total. The van der Waals surface area contributed by atoms with Crippen LogP contribution in [0.25, 0.3) is 33.7 Å². The van der Waals surface area contributed by atoms with Crippen molar-refractivity contribution in [2.75, 3.05) is 6.61 Å². The Hall–Kier alpha value is -3.98. The standard InChI is InChI=1S/C22H20N4O5/c1-2-31-17-10-14(13-5-3-4-12(8-13)9-16(27)22(29)30)6-7-15(17)19-25-20-18(21(28)26-19)23-11-24-20/h3-8,10-11,16,27H,2,9H2,1H3,(H,29,30)(H2,23,24,25,26,28)/t16-/m0/s1. The molecule has 0 aliphatic carbocycles. The molecule has 4 rings (SSSR count). The van der Waals surface area contributed by atoms with Gasteiger partial charge in [-0.15, -0.1) is 0 Å². The van der Waals surface area contributed by atoms with E-state index in [0.717, 1.165) is 11.1 Å². The quantitative estimate of drug-likeness (QED) is 0.360. The summed E-state index contributed by atoms with van der Waals surface area (Å²) in [6.07, 6.45) is -0.0381. The van der Waals surface area contributed by atoms with Crippen LogP contribution in [-0.2, 0) is 11.2 Å². The summed E-state index contributed by atoms with van der Waals surface area (Å²) in [5, 5.41) is 18.6. The fourth-order valence-electron chi connectivity index (χ4n) is 3.33. The summed E-state index contributed by atoms with van der Waals surface area (Å²) < 4.78 is 5.81. The van der Waals surface area contributed by atoms with Crippen molar-refractivity contribution in [1.29, 1.82) is 0 Å². The number of rotatable bonds is 7. The minimum atomic E-state index is -1.46. The van der Waals surface area contributed by atoms with Gasteiger partial charge in [0.15, 0.2) is 17.3 Å². The Bertz CT molecular complexity index is 1310. The van der Waals surface area contributed by atoms with E-state index in [4.69, 9.17) is 9.84 Å². The number of aliphatic hydroxyl groups is 1. The largest absolute Gasteiger partial charge is 0.493 e. The van der Waals surface area contributed by atoms with Crippen molar-refractivity contribution in [3.05, 3.63) is 64.7 Å². The highest BCUT2D eigenvalue weighted by atomic mass is 16.5. The third kappa shape index (κ3) is 4.17. The number of benzene rings is 2. The summed E-state index contributed by atoms with van der Waals surface area (Å²) in [5.74, 6) is -0.364. The first kappa shape index (κ1) is 20.3. The highest BCUT2D eigenvalue weighted by Gasteiger charge is 2.16. The monoisotopic (exact) mass is 420 g/mol. The average molecular weight is 420 g/mol. The molecule has 0 amide bonds. The summed E-state index contributed by atoms with van der Waals surface area (Å²) in [6.45, 7) is 2.27. The highest BCUT2D eigenvalue weighted by molar-refractivity contribution is 5.77. The van der Waals surface area contributed by atoms with Gasteiger partial charge in [0, 0.05) is 6.42 Å². The molecule has 2 aromatic carbocycles. The minimum absolute atomic E-state index is 0.00886. The Labute approximate surface area is 176 Å². The van der Waals surface area contributed by atoms with E-state index in [1.54, 1.807) is 18.2 Å². The molecule has 0 bridgehead atoms. The maximum atomic E-state index is 12.3. The molecule has 0 aliphatic heterocycles. The number of hydrogen-bond donors (Lipinski definition) is 4. The van der Waals surface area contributed by atoms with Crippen molar-refractivity contribution in [2.45, 2.75) is 19.4 Å². The van der Waals surface area contributed by atoms with Crippen LogP contribution in [0.1, 0.15) is 12.5 Å². The maximum Gasteiger partial charge on any atom is 0.332 e. The fraction of sp³-hybridized carbons (Fsp3) is 0.182. The SMILES string of the molecule is CCOc1cc(-c2cccc(C[C@H](O)C(=O)O)c2)ccc1-c1nc2[nH]cnc2c(=O)[nH]1. The van der Waals surface area contributed by atoms with Crippen molar-refractivity contribution in [1.82, 2.24) is 19.9 Å². The van der Waals surface area contributed by atoms with Gasteiger partial charge in [0.05, 0.1) is 18.5 Å². The fourth-order valence-corrected chi connectivity index (χ4v) is 3.33. The molecular formula is C22H20N4O5. The number of imidazole rings is 1. The Morgan fingerprint density at radius 2 is 2.00 bits per heavy atom. The van der Waals surface area contributed by atoms with Gasteiger partial charge in [-0.3, -0.25) is 4.79 Å². The van der Waals surface area contributed by atoms with Crippen LogP contribution in [0.2, 0.25) is 0 Å². The lowest BCUT2D eigenvalue weighted by molar-refractivity contribution is -0.146. The van der Waals surface area contributed by atoms with Crippen LogP contribution in [0.4, 0.5) is 0 Å². The van der Waals surface area contributed by atoms with Crippen LogP contribution < -0.4 is 10.3 Å². The molecule has 158 valence electrons. The number of carboxylic acid groups (broad SMARTS) is 1. The van der Waals surface area contributed by atoms with E-state index in [2.05, 4.69) is 19.9 Å². The van der Waals surface area contributed by atoms with Crippen molar-refractivity contribution < 1.29 is 19.7 Å². The van der Waals surface area contributed by atoms with E-state index in [0.29, 0.717) is 35.0 Å². The molecule has 0 spiro atoms. The molecule has 0 saturated heterocycles. The van der Waals surface area contributed by atoms with Crippen LogP contribution in [0, 0.1) is 0 Å². The summed E-state index contributed by atoms with van der Waals surface area (Å²) in [5.41, 5.74) is 3.27. The number of aliphatic carboxylic acids is 1. The van der Waals surface area contributed by atoms with Gasteiger partial charge in [-0.2, -0.15) is 0 Å². The van der Waals surface area contributed by atoms with E-state index in [9.17, 15) is 14.7 Å². The predicted molar refractivity (Wildman–Crippen MR) is 114 cm³/mol. The Morgan fingerprint density at radius 1 is 1.19 bits per heavy atom. The normalized spacial score (nSPS) is 12.1. The highest BCUT2D eigenvalue weighted by Crippen LogP contribution is 2.33. The van der Waals surface area contributed by atoms with Gasteiger partial charge in [-0.1, -0.05) is 30.3 Å². The molecule has 9 heteroatoms. The number of hydrogen-bond acceptors (Lipinski definition) is 6. The van der Waals surface area contributed by atoms with E-state index in [1.807, 2.05) is 31.2 Å². The number of ether oxygens (including phenoxy) is 1. The Morgan fingerprint density at radius 3 is 2.77 bits per heavy atom. The number of carboxylic acids is 1. The zero-order valence-electron chi connectivity index (χ0n) is 16.6. The van der Waals surface area contributed by atoms with Crippen LogP contribution in [0.3, 0.4) is 0 Å². The van der Waals surface area contributed by atoms with E-state index < -0.39 is 12.1 Å². The van der Waals surface area contributed by atoms with Gasteiger partial charge in [0.2, 0.25) is 0 Å². The second-order valence-electron chi connectivity index (χ2n) is 6.92. The first-order valence-electron chi connectivity index (χ1n) is 9.67. The molecule has 0 aliphatic rings. The maximum absolute atomic E-state index is 12.3. The summed E-state index contributed by atoms with van der Waals surface area (Å²) in [7, 11) is 0. The molecule has 0 saturated carbocycles. The lowest BCUT2D eigenvalue weighted by atomic mass is 9.98. The van der Waals surface area contributed by atoms with E-state index in [1.165, 1.54) is 6.33 Å². The minimum Gasteiger partial charge on any atom is -0.493 e. The summed E-state index contributed by atoms with van der Waals surface area (Å²) in [6, 6.07) is 12.8. The smallest absolute Gasteiger partial charge is 0.332 e. The van der Waals surface area contributed by atoms with Gasteiger partial charge in [0.1, 0.15) is 11.6 Å². The van der Waals surface area contributed by atoms with Gasteiger partial charge < -0.3 is 24.9 Å². The van der Waals surface area contributed by atoms with E-state index >= 15 is 0 Å². The van der Waals surface area contributed by atoms with Crippen LogP contribution in [0.5, 0.6) is 5.75 Å². The first-order chi connectivity index (χ1) is 15.0. The van der Waals surface area contributed by atoms with Crippen molar-refractivity contribution in [3.8, 4) is 28.3 Å². The van der Waals surface area contributed by atoms with Crippen LogP contribution >= 0.6 is 0 Å². The average Bonchev–Trinajstić information content (AvgIpc) is 3.23. The molecule has 2 heterocycles. The number of fused-ring (bicyclic) bond motifs is 1. The molecule has 0 unspecified atom stereocenters. The zero-order valence-corrected chi connectivity index (χ0v) is 16.6. The van der Waals surface area contributed by atoms with E-state index in [-0.39, 0.29) is 17.5 Å². The zero-order chi connectivity index (χ0) is 22.0. The molecule has 0 radical (unpaired) electrons.